The Bertz CT molecular complexity index is 558. The van der Waals surface area contributed by atoms with Crippen LogP contribution in [0, 0.1) is 0 Å². The molecule has 6 nitrogen and oxygen atoms in total. The first-order valence-electron chi connectivity index (χ1n) is 9.65. The van der Waals surface area contributed by atoms with E-state index in [2.05, 4.69) is 17.6 Å². The monoisotopic (exact) mass is 360 g/mol. The van der Waals surface area contributed by atoms with Crippen LogP contribution in [-0.4, -0.2) is 61.0 Å². The fourth-order valence-corrected chi connectivity index (χ4v) is 3.35. The molecular weight excluding hydrogens is 328 g/mol. The number of benzene rings is 1. The van der Waals surface area contributed by atoms with Crippen molar-refractivity contribution in [3.8, 4) is 0 Å². The number of piperidine rings is 1. The van der Waals surface area contributed by atoms with E-state index in [0.29, 0.717) is 25.6 Å². The molecule has 0 aromatic heterocycles. The van der Waals surface area contributed by atoms with E-state index in [9.17, 15) is 9.59 Å². The van der Waals surface area contributed by atoms with Crippen molar-refractivity contribution in [2.45, 2.75) is 45.2 Å². The van der Waals surface area contributed by atoms with Crippen LogP contribution in [0.2, 0.25) is 0 Å². The van der Waals surface area contributed by atoms with Crippen LogP contribution < -0.4 is 10.6 Å². The highest BCUT2D eigenvalue weighted by Gasteiger charge is 2.24. The topological polar surface area (TPSA) is 64.7 Å². The standard InChI is InChI=1S/C20H32N4O2/c1-3-15-24(18-9-12-21-13-10-18)19(25)11-14-22-20(26)23(2)16-17-7-5-4-6-8-17/h4-8,18,21H,3,9-16H2,1-2H3,(H,22,26). The van der Waals surface area contributed by atoms with E-state index in [0.717, 1.165) is 44.5 Å². The molecule has 0 aliphatic carbocycles. The molecule has 0 bridgehead atoms. The fourth-order valence-electron chi connectivity index (χ4n) is 3.35. The summed E-state index contributed by atoms with van der Waals surface area (Å²) in [4.78, 5) is 28.5. The first-order valence-corrected chi connectivity index (χ1v) is 9.65. The van der Waals surface area contributed by atoms with Gasteiger partial charge >= 0.3 is 6.03 Å². The van der Waals surface area contributed by atoms with E-state index in [-0.39, 0.29) is 11.9 Å². The molecule has 0 spiro atoms. The van der Waals surface area contributed by atoms with Gasteiger partial charge in [0.15, 0.2) is 0 Å². The van der Waals surface area contributed by atoms with E-state index >= 15 is 0 Å². The van der Waals surface area contributed by atoms with E-state index in [1.54, 1.807) is 11.9 Å². The number of carbonyl (C=O) groups excluding carboxylic acids is 2. The van der Waals surface area contributed by atoms with Gasteiger partial charge in [0.05, 0.1) is 0 Å². The Hall–Kier alpha value is -2.08. The minimum atomic E-state index is -0.148. The third-order valence-corrected chi connectivity index (χ3v) is 4.76. The molecule has 1 aromatic carbocycles. The number of carbonyl (C=O) groups is 2. The molecule has 2 rings (SSSR count). The number of nitrogens with one attached hydrogen (secondary N) is 2. The van der Waals surface area contributed by atoms with Gasteiger partial charge in [-0.05, 0) is 37.9 Å². The predicted molar refractivity (Wildman–Crippen MR) is 104 cm³/mol. The third-order valence-electron chi connectivity index (χ3n) is 4.76. The molecule has 26 heavy (non-hydrogen) atoms. The fraction of sp³-hybridized carbons (Fsp3) is 0.600. The van der Waals surface area contributed by atoms with Crippen LogP contribution in [0.3, 0.4) is 0 Å². The molecule has 0 unspecified atom stereocenters. The minimum Gasteiger partial charge on any atom is -0.340 e. The van der Waals surface area contributed by atoms with Crippen molar-refractivity contribution in [2.24, 2.45) is 0 Å². The maximum absolute atomic E-state index is 12.6. The zero-order valence-electron chi connectivity index (χ0n) is 16.0. The zero-order valence-corrected chi connectivity index (χ0v) is 16.0. The van der Waals surface area contributed by atoms with Crippen molar-refractivity contribution in [1.82, 2.24) is 20.4 Å². The highest BCUT2D eigenvalue weighted by atomic mass is 16.2. The lowest BCUT2D eigenvalue weighted by molar-refractivity contribution is -0.134. The lowest BCUT2D eigenvalue weighted by atomic mass is 10.0. The largest absolute Gasteiger partial charge is 0.340 e. The van der Waals surface area contributed by atoms with Gasteiger partial charge in [0, 0.05) is 39.1 Å². The zero-order chi connectivity index (χ0) is 18.8. The molecule has 144 valence electrons. The van der Waals surface area contributed by atoms with Crippen molar-refractivity contribution >= 4 is 11.9 Å². The molecule has 1 aromatic rings. The molecule has 3 amide bonds. The van der Waals surface area contributed by atoms with Gasteiger partial charge in [-0.3, -0.25) is 4.79 Å². The van der Waals surface area contributed by atoms with Crippen LogP contribution in [0.5, 0.6) is 0 Å². The van der Waals surface area contributed by atoms with Crippen LogP contribution in [-0.2, 0) is 11.3 Å². The molecule has 0 radical (unpaired) electrons. The third kappa shape index (κ3) is 6.33. The number of hydrogen-bond donors (Lipinski definition) is 2. The molecule has 0 saturated carbocycles. The molecule has 1 saturated heterocycles. The quantitative estimate of drug-likeness (QED) is 0.747. The molecule has 1 heterocycles. The molecule has 1 aliphatic heterocycles. The normalized spacial score (nSPS) is 14.7. The lowest BCUT2D eigenvalue weighted by Crippen LogP contribution is -2.47. The Balaban J connectivity index is 1.75. The van der Waals surface area contributed by atoms with Crippen molar-refractivity contribution < 1.29 is 9.59 Å². The van der Waals surface area contributed by atoms with Gasteiger partial charge in [0.2, 0.25) is 5.91 Å². The van der Waals surface area contributed by atoms with Gasteiger partial charge in [0.1, 0.15) is 0 Å². The second-order valence-electron chi connectivity index (χ2n) is 6.89. The summed E-state index contributed by atoms with van der Waals surface area (Å²) in [5.41, 5.74) is 1.08. The Morgan fingerprint density at radius 3 is 2.54 bits per heavy atom. The van der Waals surface area contributed by atoms with Crippen molar-refractivity contribution in [3.63, 3.8) is 0 Å². The summed E-state index contributed by atoms with van der Waals surface area (Å²) >= 11 is 0. The lowest BCUT2D eigenvalue weighted by Gasteiger charge is -2.34. The van der Waals surface area contributed by atoms with E-state index in [1.165, 1.54) is 0 Å². The highest BCUT2D eigenvalue weighted by molar-refractivity contribution is 5.78. The second kappa shape index (κ2) is 10.8. The summed E-state index contributed by atoms with van der Waals surface area (Å²) in [7, 11) is 1.77. The van der Waals surface area contributed by atoms with Gasteiger partial charge in [-0.25, -0.2) is 4.79 Å². The summed E-state index contributed by atoms with van der Waals surface area (Å²) in [6.07, 6.45) is 3.34. The highest BCUT2D eigenvalue weighted by Crippen LogP contribution is 2.13. The molecular formula is C20H32N4O2. The Morgan fingerprint density at radius 1 is 1.19 bits per heavy atom. The van der Waals surface area contributed by atoms with Gasteiger partial charge in [-0.2, -0.15) is 0 Å². The van der Waals surface area contributed by atoms with Gasteiger partial charge < -0.3 is 20.4 Å². The van der Waals surface area contributed by atoms with E-state index in [1.807, 2.05) is 35.2 Å². The Morgan fingerprint density at radius 2 is 1.88 bits per heavy atom. The molecule has 6 heteroatoms. The molecule has 2 N–H and O–H groups in total. The summed E-state index contributed by atoms with van der Waals surface area (Å²) < 4.78 is 0. The van der Waals surface area contributed by atoms with Crippen LogP contribution >= 0.6 is 0 Å². The summed E-state index contributed by atoms with van der Waals surface area (Å²) in [5, 5.41) is 6.20. The predicted octanol–water partition coefficient (Wildman–Crippen LogP) is 2.21. The Kier molecular flexibility index (Phi) is 8.41. The van der Waals surface area contributed by atoms with E-state index in [4.69, 9.17) is 0 Å². The average Bonchev–Trinajstić information content (AvgIpc) is 2.67. The summed E-state index contributed by atoms with van der Waals surface area (Å²) in [6.45, 7) is 5.77. The second-order valence-corrected chi connectivity index (χ2v) is 6.89. The first kappa shape index (κ1) is 20.2. The molecule has 0 atom stereocenters. The van der Waals surface area contributed by atoms with Gasteiger partial charge in [0.25, 0.3) is 0 Å². The first-order chi connectivity index (χ1) is 12.6. The molecule has 1 fully saturated rings. The number of nitrogens with zero attached hydrogens (tertiary/aromatic N) is 2. The van der Waals surface area contributed by atoms with Crippen LogP contribution in [0.1, 0.15) is 38.2 Å². The number of amides is 3. The van der Waals surface area contributed by atoms with Crippen LogP contribution in [0.4, 0.5) is 4.79 Å². The van der Waals surface area contributed by atoms with Crippen molar-refractivity contribution in [3.05, 3.63) is 35.9 Å². The van der Waals surface area contributed by atoms with Crippen molar-refractivity contribution in [2.75, 3.05) is 33.2 Å². The number of hydrogen-bond acceptors (Lipinski definition) is 3. The maximum Gasteiger partial charge on any atom is 0.317 e. The summed E-state index contributed by atoms with van der Waals surface area (Å²) in [5.74, 6) is 0.143. The number of rotatable bonds is 8. The van der Waals surface area contributed by atoms with E-state index < -0.39 is 0 Å². The average molecular weight is 361 g/mol. The SMILES string of the molecule is CCCN(C(=O)CCNC(=O)N(C)Cc1ccccc1)C1CCNCC1. The van der Waals surface area contributed by atoms with Gasteiger partial charge in [-0.1, -0.05) is 37.3 Å². The smallest absolute Gasteiger partial charge is 0.317 e. The van der Waals surface area contributed by atoms with Crippen LogP contribution in [0.25, 0.3) is 0 Å². The minimum absolute atomic E-state index is 0.143. The molecule has 1 aliphatic rings. The summed E-state index contributed by atoms with van der Waals surface area (Å²) in [6, 6.07) is 10.1. The Labute approximate surface area is 156 Å². The van der Waals surface area contributed by atoms with Crippen molar-refractivity contribution in [1.29, 1.82) is 0 Å². The number of urea groups is 1. The van der Waals surface area contributed by atoms with Crippen LogP contribution in [0.15, 0.2) is 30.3 Å². The maximum atomic E-state index is 12.6. The van der Waals surface area contributed by atoms with Gasteiger partial charge in [-0.15, -0.1) is 0 Å².